The van der Waals surface area contributed by atoms with Crippen LogP contribution < -0.4 is 0 Å². The van der Waals surface area contributed by atoms with Gasteiger partial charge in [-0.1, -0.05) is 51.8 Å². The van der Waals surface area contributed by atoms with E-state index in [-0.39, 0.29) is 11.4 Å². The molecule has 0 aliphatic rings. The molecule has 0 spiro atoms. The van der Waals surface area contributed by atoms with Crippen LogP contribution in [0.25, 0.3) is 0 Å². The highest BCUT2D eigenvalue weighted by Gasteiger charge is 2.15. The van der Waals surface area contributed by atoms with Crippen LogP contribution in [0.1, 0.15) is 22.8 Å². The highest BCUT2D eigenvalue weighted by molar-refractivity contribution is 9.10. The van der Waals surface area contributed by atoms with Gasteiger partial charge in [-0.3, -0.25) is 0 Å². The molecule has 0 saturated carbocycles. The molecule has 0 aromatic heterocycles. The SMILES string of the molecule is Cc1c(Br)cccc1C(O)Cc1cccc(F)c1Cl. The molecule has 2 aromatic carbocycles. The van der Waals surface area contributed by atoms with Gasteiger partial charge in [-0.2, -0.15) is 0 Å². The average molecular weight is 344 g/mol. The molecule has 2 rings (SSSR count). The molecule has 0 amide bonds. The summed E-state index contributed by atoms with van der Waals surface area (Å²) in [5.41, 5.74) is 2.39. The second kappa shape index (κ2) is 6.04. The molecule has 0 bridgehead atoms. The summed E-state index contributed by atoms with van der Waals surface area (Å²) in [4.78, 5) is 0. The first-order valence-corrected chi connectivity index (χ1v) is 7.03. The summed E-state index contributed by atoms with van der Waals surface area (Å²) in [7, 11) is 0. The molecular weight excluding hydrogens is 331 g/mol. The van der Waals surface area contributed by atoms with Gasteiger partial charge in [0.25, 0.3) is 0 Å². The zero-order valence-corrected chi connectivity index (χ0v) is 12.7. The number of benzene rings is 2. The van der Waals surface area contributed by atoms with E-state index in [1.54, 1.807) is 12.1 Å². The maximum Gasteiger partial charge on any atom is 0.142 e. The second-order valence-electron chi connectivity index (χ2n) is 4.39. The van der Waals surface area contributed by atoms with Crippen LogP contribution in [0.5, 0.6) is 0 Å². The van der Waals surface area contributed by atoms with Crippen molar-refractivity contribution < 1.29 is 9.50 Å². The predicted molar refractivity (Wildman–Crippen MR) is 79.0 cm³/mol. The average Bonchev–Trinajstić information content (AvgIpc) is 2.38. The largest absolute Gasteiger partial charge is 0.388 e. The van der Waals surface area contributed by atoms with Gasteiger partial charge in [0.2, 0.25) is 0 Å². The molecule has 0 heterocycles. The molecule has 0 saturated heterocycles. The Morgan fingerprint density at radius 1 is 1.26 bits per heavy atom. The standard InChI is InChI=1S/C15H13BrClFO/c1-9-11(5-3-6-12(9)16)14(19)8-10-4-2-7-13(18)15(10)17/h2-7,14,19H,8H2,1H3. The number of rotatable bonds is 3. The van der Waals surface area contributed by atoms with Crippen molar-refractivity contribution in [3.63, 3.8) is 0 Å². The third-order valence-corrected chi connectivity index (χ3v) is 4.40. The molecule has 4 heteroatoms. The van der Waals surface area contributed by atoms with Crippen molar-refractivity contribution in [3.05, 3.63) is 68.4 Å². The van der Waals surface area contributed by atoms with E-state index in [4.69, 9.17) is 11.6 Å². The van der Waals surface area contributed by atoms with E-state index in [2.05, 4.69) is 15.9 Å². The van der Waals surface area contributed by atoms with Gasteiger partial charge in [0, 0.05) is 10.9 Å². The normalized spacial score (nSPS) is 12.5. The Hall–Kier alpha value is -0.900. The smallest absolute Gasteiger partial charge is 0.142 e. The first-order valence-electron chi connectivity index (χ1n) is 5.86. The summed E-state index contributed by atoms with van der Waals surface area (Å²) in [5.74, 6) is -0.461. The van der Waals surface area contributed by atoms with Gasteiger partial charge in [-0.05, 0) is 35.7 Å². The van der Waals surface area contributed by atoms with Gasteiger partial charge in [0.15, 0.2) is 0 Å². The van der Waals surface area contributed by atoms with Crippen molar-refractivity contribution >= 4 is 27.5 Å². The zero-order valence-electron chi connectivity index (χ0n) is 10.3. The molecular formula is C15H13BrClFO. The lowest BCUT2D eigenvalue weighted by Gasteiger charge is -2.15. The van der Waals surface area contributed by atoms with Crippen LogP contribution in [0.4, 0.5) is 4.39 Å². The van der Waals surface area contributed by atoms with Crippen LogP contribution in [0.3, 0.4) is 0 Å². The Bertz CT molecular complexity index is 601. The van der Waals surface area contributed by atoms with Gasteiger partial charge in [-0.25, -0.2) is 4.39 Å². The van der Waals surface area contributed by atoms with E-state index in [0.717, 1.165) is 15.6 Å². The Kier molecular flexibility index (Phi) is 4.61. The zero-order chi connectivity index (χ0) is 14.0. The number of aliphatic hydroxyl groups is 1. The molecule has 100 valence electrons. The van der Waals surface area contributed by atoms with E-state index < -0.39 is 11.9 Å². The van der Waals surface area contributed by atoms with Crippen LogP contribution in [0, 0.1) is 12.7 Å². The molecule has 0 aliphatic carbocycles. The number of hydrogen-bond acceptors (Lipinski definition) is 1. The minimum absolute atomic E-state index is 0.0780. The van der Waals surface area contributed by atoms with Crippen LogP contribution in [0.2, 0.25) is 5.02 Å². The van der Waals surface area contributed by atoms with Crippen molar-refractivity contribution in [3.8, 4) is 0 Å². The minimum Gasteiger partial charge on any atom is -0.388 e. The van der Waals surface area contributed by atoms with Gasteiger partial charge in [0.1, 0.15) is 5.82 Å². The Balaban J connectivity index is 2.28. The van der Waals surface area contributed by atoms with Crippen molar-refractivity contribution in [2.45, 2.75) is 19.4 Å². The number of halogens is 3. The fourth-order valence-electron chi connectivity index (χ4n) is 2.01. The maximum absolute atomic E-state index is 13.4. The molecule has 19 heavy (non-hydrogen) atoms. The number of hydrogen-bond donors (Lipinski definition) is 1. The summed E-state index contributed by atoms with van der Waals surface area (Å²) in [6, 6.07) is 10.3. The molecule has 1 N–H and O–H groups in total. The highest BCUT2D eigenvalue weighted by Crippen LogP contribution is 2.29. The molecule has 1 atom stereocenters. The topological polar surface area (TPSA) is 20.2 Å². The van der Waals surface area contributed by atoms with Crippen LogP contribution in [-0.4, -0.2) is 5.11 Å². The highest BCUT2D eigenvalue weighted by atomic mass is 79.9. The second-order valence-corrected chi connectivity index (χ2v) is 5.62. The van der Waals surface area contributed by atoms with E-state index in [9.17, 15) is 9.50 Å². The molecule has 0 radical (unpaired) electrons. The lowest BCUT2D eigenvalue weighted by atomic mass is 9.98. The molecule has 1 nitrogen and oxygen atoms in total. The monoisotopic (exact) mass is 342 g/mol. The van der Waals surface area contributed by atoms with Crippen LogP contribution >= 0.6 is 27.5 Å². The van der Waals surface area contributed by atoms with Gasteiger partial charge in [-0.15, -0.1) is 0 Å². The van der Waals surface area contributed by atoms with Crippen molar-refractivity contribution in [1.82, 2.24) is 0 Å². The fraction of sp³-hybridized carbons (Fsp3) is 0.200. The summed E-state index contributed by atoms with van der Waals surface area (Å²) in [5, 5.41) is 10.4. The van der Waals surface area contributed by atoms with E-state index in [1.165, 1.54) is 6.07 Å². The minimum atomic E-state index is -0.711. The quantitative estimate of drug-likeness (QED) is 0.846. The lowest BCUT2D eigenvalue weighted by molar-refractivity contribution is 0.177. The first kappa shape index (κ1) is 14.5. The van der Waals surface area contributed by atoms with Crippen molar-refractivity contribution in [1.29, 1.82) is 0 Å². The van der Waals surface area contributed by atoms with Crippen molar-refractivity contribution in [2.24, 2.45) is 0 Å². The van der Waals surface area contributed by atoms with Crippen LogP contribution in [-0.2, 0) is 6.42 Å². The lowest BCUT2D eigenvalue weighted by Crippen LogP contribution is -2.05. The summed E-state index contributed by atoms with van der Waals surface area (Å²) >= 11 is 9.33. The van der Waals surface area contributed by atoms with Crippen molar-refractivity contribution in [2.75, 3.05) is 0 Å². The maximum atomic E-state index is 13.4. The first-order chi connectivity index (χ1) is 9.00. The van der Waals surface area contributed by atoms with Gasteiger partial charge < -0.3 is 5.11 Å². The third kappa shape index (κ3) is 3.16. The van der Waals surface area contributed by atoms with E-state index in [0.29, 0.717) is 5.56 Å². The van der Waals surface area contributed by atoms with E-state index >= 15 is 0 Å². The Morgan fingerprint density at radius 2 is 1.95 bits per heavy atom. The third-order valence-electron chi connectivity index (χ3n) is 3.11. The number of aliphatic hydroxyl groups excluding tert-OH is 1. The molecule has 0 aliphatic heterocycles. The van der Waals surface area contributed by atoms with Gasteiger partial charge >= 0.3 is 0 Å². The van der Waals surface area contributed by atoms with Crippen LogP contribution in [0.15, 0.2) is 40.9 Å². The Labute approximate surface area is 125 Å². The predicted octanol–water partition coefficient (Wildman–Crippen LogP) is 4.83. The fourth-order valence-corrected chi connectivity index (χ4v) is 2.59. The van der Waals surface area contributed by atoms with E-state index in [1.807, 2.05) is 25.1 Å². The summed E-state index contributed by atoms with van der Waals surface area (Å²) in [6.07, 6.45) is -0.426. The van der Waals surface area contributed by atoms with Gasteiger partial charge in [0.05, 0.1) is 11.1 Å². The Morgan fingerprint density at radius 3 is 2.68 bits per heavy atom. The summed E-state index contributed by atoms with van der Waals surface area (Å²) < 4.78 is 14.3. The molecule has 0 fully saturated rings. The molecule has 2 aromatic rings. The molecule has 1 unspecified atom stereocenters. The summed E-state index contributed by atoms with van der Waals surface area (Å²) in [6.45, 7) is 1.93.